The van der Waals surface area contributed by atoms with E-state index in [1.54, 1.807) is 0 Å². The molecular formula is C42H81NO7P+. The van der Waals surface area contributed by atoms with Gasteiger partial charge in [-0.15, -0.1) is 0 Å². The average molecular weight is 743 g/mol. The van der Waals surface area contributed by atoms with Crippen LogP contribution in [0.1, 0.15) is 168 Å². The molecular weight excluding hydrogens is 661 g/mol. The molecule has 0 radical (unpaired) electrons. The highest BCUT2D eigenvalue weighted by molar-refractivity contribution is 7.47. The van der Waals surface area contributed by atoms with Crippen LogP contribution in [0.15, 0.2) is 36.5 Å². The minimum absolute atomic E-state index is 0.0859. The van der Waals surface area contributed by atoms with Crippen molar-refractivity contribution in [2.24, 2.45) is 0 Å². The number of carbonyl (C=O) groups excluding carboxylic acids is 1. The first-order valence-corrected chi connectivity index (χ1v) is 22.2. The second-order valence-electron chi connectivity index (χ2n) is 15.0. The van der Waals surface area contributed by atoms with Crippen molar-refractivity contribution in [3.8, 4) is 0 Å². The van der Waals surface area contributed by atoms with E-state index >= 15 is 0 Å². The molecule has 0 aromatic carbocycles. The van der Waals surface area contributed by atoms with E-state index < -0.39 is 13.9 Å². The summed E-state index contributed by atoms with van der Waals surface area (Å²) in [4.78, 5) is 22.8. The molecule has 0 aromatic rings. The molecule has 0 spiro atoms. The third-order valence-electron chi connectivity index (χ3n) is 8.70. The summed E-state index contributed by atoms with van der Waals surface area (Å²) in [5, 5.41) is 0. The van der Waals surface area contributed by atoms with Gasteiger partial charge in [0.15, 0.2) is 0 Å². The first kappa shape index (κ1) is 49.7. The van der Waals surface area contributed by atoms with Gasteiger partial charge in [0.05, 0.1) is 34.4 Å². The van der Waals surface area contributed by atoms with Crippen LogP contribution in [0.5, 0.6) is 0 Å². The van der Waals surface area contributed by atoms with Gasteiger partial charge in [0.2, 0.25) is 0 Å². The number of rotatable bonds is 38. The van der Waals surface area contributed by atoms with Crippen LogP contribution in [-0.2, 0) is 27.9 Å². The molecule has 8 nitrogen and oxygen atoms in total. The maximum Gasteiger partial charge on any atom is 0.472 e. The van der Waals surface area contributed by atoms with Gasteiger partial charge in [-0.25, -0.2) is 4.57 Å². The van der Waals surface area contributed by atoms with E-state index in [-0.39, 0.29) is 25.8 Å². The molecule has 2 atom stereocenters. The number of hydrogen-bond donors (Lipinski definition) is 1. The summed E-state index contributed by atoms with van der Waals surface area (Å²) < 4.78 is 34.8. The molecule has 0 fully saturated rings. The zero-order valence-electron chi connectivity index (χ0n) is 33.8. The number of ether oxygens (including phenoxy) is 2. The number of hydrogen-bond acceptors (Lipinski definition) is 6. The fourth-order valence-corrected chi connectivity index (χ4v) is 6.18. The number of likely N-dealkylation sites (N-methyl/N-ethyl adjacent to an activating group) is 1. The second-order valence-corrected chi connectivity index (χ2v) is 16.5. The fraction of sp³-hybridized carbons (Fsp3) is 0.833. The van der Waals surface area contributed by atoms with Crippen LogP contribution in [0.2, 0.25) is 0 Å². The van der Waals surface area contributed by atoms with Crippen molar-refractivity contribution in [2.45, 2.75) is 174 Å². The van der Waals surface area contributed by atoms with Gasteiger partial charge in [-0.2, -0.15) is 0 Å². The highest BCUT2D eigenvalue weighted by atomic mass is 31.2. The molecule has 9 heteroatoms. The summed E-state index contributed by atoms with van der Waals surface area (Å²) in [6, 6.07) is 0. The molecule has 0 saturated carbocycles. The minimum Gasteiger partial charge on any atom is -0.457 e. The standard InChI is InChI=1S/C42H80NO7P/c1-6-8-10-12-14-16-17-18-19-20-21-22-23-24-25-26-27-28-29-31-33-35-42(44)50-41(39-47-37-34-32-30-15-13-11-9-7-2)40-49-51(45,46)48-38-36-43(3,4)5/h17-18,20-21,23-24,41H,6-16,19,22,25-40H2,1-5H3/p+1/b18-17-,21-20-,24-23-. The zero-order chi connectivity index (χ0) is 37.7. The van der Waals surface area contributed by atoms with Crippen molar-refractivity contribution in [2.75, 3.05) is 54.1 Å². The number of quaternary nitrogens is 1. The Hall–Kier alpha value is -1.28. The molecule has 300 valence electrons. The van der Waals surface area contributed by atoms with Crippen LogP contribution < -0.4 is 0 Å². The summed E-state index contributed by atoms with van der Waals surface area (Å²) >= 11 is 0. The molecule has 0 heterocycles. The highest BCUT2D eigenvalue weighted by Gasteiger charge is 2.26. The monoisotopic (exact) mass is 743 g/mol. The van der Waals surface area contributed by atoms with Gasteiger partial charge in [-0.3, -0.25) is 13.8 Å². The molecule has 51 heavy (non-hydrogen) atoms. The Kier molecular flexibility index (Phi) is 34.8. The number of carbonyl (C=O) groups is 1. The van der Waals surface area contributed by atoms with Crippen molar-refractivity contribution in [1.82, 2.24) is 0 Å². The maximum atomic E-state index is 12.6. The van der Waals surface area contributed by atoms with E-state index in [0.717, 1.165) is 57.8 Å². The molecule has 2 unspecified atom stereocenters. The van der Waals surface area contributed by atoms with Crippen molar-refractivity contribution < 1.29 is 37.3 Å². The maximum absolute atomic E-state index is 12.6. The zero-order valence-corrected chi connectivity index (χ0v) is 34.7. The predicted octanol–water partition coefficient (Wildman–Crippen LogP) is 11.8. The van der Waals surface area contributed by atoms with Crippen molar-refractivity contribution in [1.29, 1.82) is 0 Å². The van der Waals surface area contributed by atoms with Crippen molar-refractivity contribution in [3.63, 3.8) is 0 Å². The molecule has 0 amide bonds. The smallest absolute Gasteiger partial charge is 0.457 e. The van der Waals surface area contributed by atoms with Crippen LogP contribution in [0.4, 0.5) is 0 Å². The number of phosphoric ester groups is 1. The van der Waals surface area contributed by atoms with Crippen LogP contribution in [0.25, 0.3) is 0 Å². The highest BCUT2D eigenvalue weighted by Crippen LogP contribution is 2.43. The van der Waals surface area contributed by atoms with E-state index in [9.17, 15) is 14.3 Å². The summed E-state index contributed by atoms with van der Waals surface area (Å²) in [6.07, 6.45) is 40.3. The third kappa shape index (κ3) is 39.8. The molecule has 0 aliphatic rings. The lowest BCUT2D eigenvalue weighted by Gasteiger charge is -2.24. The number of allylic oxidation sites excluding steroid dienone is 6. The Morgan fingerprint density at radius 3 is 1.61 bits per heavy atom. The van der Waals surface area contributed by atoms with Gasteiger partial charge in [0, 0.05) is 13.0 Å². The predicted molar refractivity (Wildman–Crippen MR) is 215 cm³/mol. The van der Waals surface area contributed by atoms with Crippen molar-refractivity contribution in [3.05, 3.63) is 36.5 Å². The minimum atomic E-state index is -4.27. The molecule has 0 aliphatic heterocycles. The van der Waals surface area contributed by atoms with Crippen LogP contribution in [-0.4, -0.2) is 75.6 Å². The topological polar surface area (TPSA) is 91.3 Å². The summed E-state index contributed by atoms with van der Waals surface area (Å²) in [5.41, 5.74) is 0. The third-order valence-corrected chi connectivity index (χ3v) is 9.69. The lowest BCUT2D eigenvalue weighted by Crippen LogP contribution is -2.37. The van der Waals surface area contributed by atoms with E-state index in [1.807, 2.05) is 21.1 Å². The lowest BCUT2D eigenvalue weighted by atomic mass is 10.1. The molecule has 1 N–H and O–H groups in total. The molecule has 0 rings (SSSR count). The van der Waals surface area contributed by atoms with Gasteiger partial charge in [0.1, 0.15) is 19.3 Å². The first-order valence-electron chi connectivity index (χ1n) is 20.7. The van der Waals surface area contributed by atoms with Crippen molar-refractivity contribution >= 4 is 13.8 Å². The molecule has 0 bridgehead atoms. The second kappa shape index (κ2) is 35.7. The lowest BCUT2D eigenvalue weighted by molar-refractivity contribution is -0.870. The van der Waals surface area contributed by atoms with Gasteiger partial charge in [0.25, 0.3) is 0 Å². The quantitative estimate of drug-likeness (QED) is 0.0221. The van der Waals surface area contributed by atoms with E-state index in [1.165, 1.54) is 89.9 Å². The van der Waals surface area contributed by atoms with E-state index in [2.05, 4.69) is 50.3 Å². The van der Waals surface area contributed by atoms with Crippen LogP contribution >= 0.6 is 7.82 Å². The largest absolute Gasteiger partial charge is 0.472 e. The Morgan fingerprint density at radius 2 is 1.08 bits per heavy atom. The van der Waals surface area contributed by atoms with Crippen LogP contribution in [0.3, 0.4) is 0 Å². The van der Waals surface area contributed by atoms with Gasteiger partial charge in [-0.1, -0.05) is 147 Å². The van der Waals surface area contributed by atoms with Gasteiger partial charge < -0.3 is 18.9 Å². The summed E-state index contributed by atoms with van der Waals surface area (Å²) in [5.74, 6) is -0.328. The fourth-order valence-electron chi connectivity index (χ4n) is 5.44. The molecule has 0 saturated heterocycles. The number of unbranched alkanes of at least 4 members (excludes halogenated alkanes) is 18. The number of phosphoric acid groups is 1. The van der Waals surface area contributed by atoms with E-state index in [4.69, 9.17) is 18.5 Å². The summed E-state index contributed by atoms with van der Waals surface area (Å²) in [6.45, 7) is 5.57. The van der Waals surface area contributed by atoms with Gasteiger partial charge in [-0.05, 0) is 51.4 Å². The first-order chi connectivity index (χ1) is 24.6. The molecule has 0 aromatic heterocycles. The Bertz CT molecular complexity index is 915. The Balaban J connectivity index is 4.19. The Morgan fingerprint density at radius 1 is 0.608 bits per heavy atom. The molecule has 0 aliphatic carbocycles. The number of nitrogens with zero attached hydrogens (tertiary/aromatic N) is 1. The van der Waals surface area contributed by atoms with Crippen LogP contribution in [0, 0.1) is 0 Å². The summed E-state index contributed by atoms with van der Waals surface area (Å²) in [7, 11) is 1.66. The SMILES string of the molecule is CCCCCCC/C=C\C/C=C\C/C=C\CCCCCCCCC(=O)OC(COCCCCCCCCCC)COP(=O)(O)OCC[N+](C)(C)C. The normalized spacial score (nSPS) is 14.2. The Labute approximate surface area is 315 Å². The average Bonchev–Trinajstić information content (AvgIpc) is 3.08. The van der Waals surface area contributed by atoms with Gasteiger partial charge >= 0.3 is 13.8 Å². The van der Waals surface area contributed by atoms with E-state index in [0.29, 0.717) is 24.1 Å². The number of esters is 1.